The molecule has 56 valence electrons. The molecule has 4 nitrogen and oxygen atoms in total. The highest BCUT2D eigenvalue weighted by Gasteiger charge is 2.31. The van der Waals surface area contributed by atoms with Gasteiger partial charge in [0.1, 0.15) is 6.07 Å². The Kier molecular flexibility index (Phi) is 2.84. The Bertz CT molecular complexity index is 168. The van der Waals surface area contributed by atoms with Gasteiger partial charge in [-0.3, -0.25) is 0 Å². The van der Waals surface area contributed by atoms with Crippen molar-refractivity contribution >= 4 is 5.97 Å². The molecule has 1 N–H and O–H groups in total. The summed E-state index contributed by atoms with van der Waals surface area (Å²) in [7, 11) is 0. The Hall–Kier alpha value is -1.08. The molecule has 0 saturated carbocycles. The summed E-state index contributed by atoms with van der Waals surface area (Å²) in [5.74, 6) is -0.905. The van der Waals surface area contributed by atoms with Crippen molar-refractivity contribution in [2.45, 2.75) is 19.4 Å². The number of hydrogen-bond donors (Lipinski definition) is 1. The maximum Gasteiger partial charge on any atom is 0.352 e. The number of rotatable bonds is 2. The third-order valence-corrected chi connectivity index (χ3v) is 0.891. The number of hydrogen-bond acceptors (Lipinski definition) is 4. The summed E-state index contributed by atoms with van der Waals surface area (Å²) in [6.45, 7) is 2.85. The third kappa shape index (κ3) is 2.03. The van der Waals surface area contributed by atoms with E-state index >= 15 is 0 Å². The van der Waals surface area contributed by atoms with Crippen LogP contribution < -0.4 is 0 Å². The van der Waals surface area contributed by atoms with Crippen LogP contribution in [0.5, 0.6) is 0 Å². The summed E-state index contributed by atoms with van der Waals surface area (Å²) < 4.78 is 4.39. The van der Waals surface area contributed by atoms with Gasteiger partial charge in [0.05, 0.1) is 6.61 Å². The Labute approximate surface area is 59.0 Å². The van der Waals surface area contributed by atoms with Crippen molar-refractivity contribution < 1.29 is 14.6 Å². The first-order valence-corrected chi connectivity index (χ1v) is 2.85. The number of carbonyl (C=O) groups is 1. The standard InChI is InChI=1S/C6H9NO3/c1-3-10-5(8)6(2,9)4-7/h9H,3H2,1-2H3. The van der Waals surface area contributed by atoms with Crippen LogP contribution in [0.4, 0.5) is 0 Å². The smallest absolute Gasteiger partial charge is 0.352 e. The first-order valence-electron chi connectivity index (χ1n) is 2.85. The van der Waals surface area contributed by atoms with E-state index in [-0.39, 0.29) is 6.61 Å². The zero-order valence-electron chi connectivity index (χ0n) is 5.92. The molecule has 0 aromatic carbocycles. The number of nitrogens with zero attached hydrogens (tertiary/aromatic N) is 1. The van der Waals surface area contributed by atoms with Gasteiger partial charge in [-0.1, -0.05) is 0 Å². The van der Waals surface area contributed by atoms with E-state index in [0.29, 0.717) is 0 Å². The molecule has 0 aliphatic carbocycles. The molecule has 0 aliphatic heterocycles. The lowest BCUT2D eigenvalue weighted by Crippen LogP contribution is -2.34. The van der Waals surface area contributed by atoms with Gasteiger partial charge in [-0.05, 0) is 13.8 Å². The van der Waals surface area contributed by atoms with Gasteiger partial charge in [0, 0.05) is 0 Å². The fourth-order valence-electron chi connectivity index (χ4n) is 0.317. The molecular formula is C6H9NO3. The molecule has 0 amide bonds. The summed E-state index contributed by atoms with van der Waals surface area (Å²) in [6.07, 6.45) is 0. The minimum absolute atomic E-state index is 0.163. The van der Waals surface area contributed by atoms with E-state index < -0.39 is 11.6 Å². The molecular weight excluding hydrogens is 134 g/mol. The van der Waals surface area contributed by atoms with Crippen LogP contribution in [0.15, 0.2) is 0 Å². The maximum absolute atomic E-state index is 10.6. The second kappa shape index (κ2) is 3.18. The summed E-state index contributed by atoms with van der Waals surface area (Å²) in [4.78, 5) is 10.6. The second-order valence-electron chi connectivity index (χ2n) is 1.90. The Morgan fingerprint density at radius 2 is 2.40 bits per heavy atom. The van der Waals surface area contributed by atoms with Crippen LogP contribution in [0, 0.1) is 11.3 Å². The molecule has 0 aliphatic rings. The van der Waals surface area contributed by atoms with Gasteiger partial charge in [0.25, 0.3) is 0 Å². The Balaban J connectivity index is 4.09. The van der Waals surface area contributed by atoms with Crippen molar-refractivity contribution in [2.24, 2.45) is 0 Å². The van der Waals surface area contributed by atoms with Crippen LogP contribution >= 0.6 is 0 Å². The van der Waals surface area contributed by atoms with Gasteiger partial charge in [0.15, 0.2) is 0 Å². The molecule has 0 heterocycles. The first kappa shape index (κ1) is 8.92. The van der Waals surface area contributed by atoms with Crippen molar-refractivity contribution in [1.29, 1.82) is 5.26 Å². The SMILES string of the molecule is CCOC(=O)C(C)(O)C#N. The van der Waals surface area contributed by atoms with E-state index in [2.05, 4.69) is 4.74 Å². The zero-order chi connectivity index (χ0) is 8.20. The van der Waals surface area contributed by atoms with E-state index in [9.17, 15) is 4.79 Å². The van der Waals surface area contributed by atoms with Crippen molar-refractivity contribution in [2.75, 3.05) is 6.61 Å². The van der Waals surface area contributed by atoms with Crippen molar-refractivity contribution in [3.8, 4) is 6.07 Å². The minimum Gasteiger partial charge on any atom is -0.463 e. The number of aliphatic hydroxyl groups is 1. The van der Waals surface area contributed by atoms with E-state index in [1.54, 1.807) is 6.92 Å². The lowest BCUT2D eigenvalue weighted by molar-refractivity contribution is -0.157. The van der Waals surface area contributed by atoms with Crippen LogP contribution in [0.25, 0.3) is 0 Å². The van der Waals surface area contributed by atoms with Crippen LogP contribution in [0.1, 0.15) is 13.8 Å². The van der Waals surface area contributed by atoms with Crippen molar-refractivity contribution in [3.05, 3.63) is 0 Å². The zero-order valence-corrected chi connectivity index (χ0v) is 5.92. The third-order valence-electron chi connectivity index (χ3n) is 0.891. The summed E-state index contributed by atoms with van der Waals surface area (Å²) in [6, 6.07) is 1.41. The Morgan fingerprint density at radius 1 is 1.90 bits per heavy atom. The van der Waals surface area contributed by atoms with Crippen LogP contribution in [-0.4, -0.2) is 23.3 Å². The van der Waals surface area contributed by atoms with E-state index in [1.165, 1.54) is 6.07 Å². The lowest BCUT2D eigenvalue weighted by Gasteiger charge is -2.10. The molecule has 0 radical (unpaired) electrons. The second-order valence-corrected chi connectivity index (χ2v) is 1.90. The van der Waals surface area contributed by atoms with E-state index in [1.807, 2.05) is 0 Å². The van der Waals surface area contributed by atoms with Gasteiger partial charge >= 0.3 is 5.97 Å². The summed E-state index contributed by atoms with van der Waals surface area (Å²) >= 11 is 0. The van der Waals surface area contributed by atoms with Gasteiger partial charge < -0.3 is 9.84 Å². The number of carbonyl (C=O) groups excluding carboxylic acids is 1. The molecule has 1 atom stereocenters. The highest BCUT2D eigenvalue weighted by atomic mass is 16.5. The van der Waals surface area contributed by atoms with Crippen molar-refractivity contribution in [3.63, 3.8) is 0 Å². The fourth-order valence-corrected chi connectivity index (χ4v) is 0.317. The number of nitriles is 1. The summed E-state index contributed by atoms with van der Waals surface area (Å²) in [5.41, 5.74) is -2.00. The highest BCUT2D eigenvalue weighted by Crippen LogP contribution is 2.02. The lowest BCUT2D eigenvalue weighted by atomic mass is 10.1. The predicted octanol–water partition coefficient (Wildman–Crippen LogP) is -0.176. The van der Waals surface area contributed by atoms with Crippen LogP contribution in [0.2, 0.25) is 0 Å². The molecule has 0 spiro atoms. The monoisotopic (exact) mass is 143 g/mol. The summed E-state index contributed by atoms with van der Waals surface area (Å²) in [5, 5.41) is 17.1. The fraction of sp³-hybridized carbons (Fsp3) is 0.667. The highest BCUT2D eigenvalue weighted by molar-refractivity contribution is 5.81. The number of ether oxygens (including phenoxy) is 1. The molecule has 0 saturated heterocycles. The van der Waals surface area contributed by atoms with Crippen LogP contribution in [0.3, 0.4) is 0 Å². The molecule has 1 unspecified atom stereocenters. The maximum atomic E-state index is 10.6. The Morgan fingerprint density at radius 3 is 2.70 bits per heavy atom. The topological polar surface area (TPSA) is 70.3 Å². The van der Waals surface area contributed by atoms with E-state index in [4.69, 9.17) is 10.4 Å². The normalized spacial score (nSPS) is 15.0. The largest absolute Gasteiger partial charge is 0.463 e. The molecule has 0 rings (SSSR count). The number of esters is 1. The quantitative estimate of drug-likeness (QED) is 0.430. The minimum atomic E-state index is -2.00. The van der Waals surface area contributed by atoms with Gasteiger partial charge in [-0.15, -0.1) is 0 Å². The average molecular weight is 143 g/mol. The molecule has 0 aromatic rings. The molecule has 10 heavy (non-hydrogen) atoms. The first-order chi connectivity index (χ1) is 4.54. The molecule has 4 heteroatoms. The molecule has 0 fully saturated rings. The van der Waals surface area contributed by atoms with E-state index in [0.717, 1.165) is 6.92 Å². The van der Waals surface area contributed by atoms with Crippen molar-refractivity contribution in [1.82, 2.24) is 0 Å². The molecule has 0 aromatic heterocycles. The van der Waals surface area contributed by atoms with Gasteiger partial charge in [0.2, 0.25) is 5.60 Å². The molecule has 0 bridgehead atoms. The average Bonchev–Trinajstić information content (AvgIpc) is 1.89. The van der Waals surface area contributed by atoms with Gasteiger partial charge in [-0.25, -0.2) is 4.79 Å². The van der Waals surface area contributed by atoms with Crippen LogP contribution in [-0.2, 0) is 9.53 Å². The predicted molar refractivity (Wildman–Crippen MR) is 32.9 cm³/mol. The van der Waals surface area contributed by atoms with Gasteiger partial charge in [-0.2, -0.15) is 5.26 Å².